The van der Waals surface area contributed by atoms with Gasteiger partial charge in [-0.3, -0.25) is 0 Å². The molecule has 2 heteroatoms. The van der Waals surface area contributed by atoms with Crippen molar-refractivity contribution >= 4 is 0 Å². The molecular formula is C16H26N2. The molecule has 0 aliphatic heterocycles. The van der Waals surface area contributed by atoms with Crippen LogP contribution in [0.25, 0.3) is 0 Å². The minimum atomic E-state index is 0.472. The van der Waals surface area contributed by atoms with Crippen LogP contribution in [0.1, 0.15) is 36.8 Å². The summed E-state index contributed by atoms with van der Waals surface area (Å²) < 4.78 is 0. The second-order valence-electron chi connectivity index (χ2n) is 5.97. The highest BCUT2D eigenvalue weighted by atomic mass is 15.1. The lowest BCUT2D eigenvalue weighted by Crippen LogP contribution is -2.39. The molecule has 0 saturated heterocycles. The summed E-state index contributed by atoms with van der Waals surface area (Å²) in [6, 6.07) is 8.66. The summed E-state index contributed by atoms with van der Waals surface area (Å²) in [6.07, 6.45) is 5.30. The number of hydrogen-bond acceptors (Lipinski definition) is 2. The standard InChI is InChI=1S/C16H26N2/c1-14-6-3-4-7-15(14)12-18(2)11-10-16(13-17)8-5-9-16/h3-4,6-7H,5,8-13,17H2,1-2H3. The fourth-order valence-corrected chi connectivity index (χ4v) is 2.82. The zero-order valence-electron chi connectivity index (χ0n) is 11.8. The summed E-state index contributed by atoms with van der Waals surface area (Å²) in [6.45, 7) is 5.26. The van der Waals surface area contributed by atoms with Crippen molar-refractivity contribution in [2.75, 3.05) is 20.1 Å². The first-order valence-corrected chi connectivity index (χ1v) is 7.08. The summed E-state index contributed by atoms with van der Waals surface area (Å²) in [5.41, 5.74) is 9.22. The fraction of sp³-hybridized carbons (Fsp3) is 0.625. The van der Waals surface area contributed by atoms with E-state index in [9.17, 15) is 0 Å². The Labute approximate surface area is 111 Å². The van der Waals surface area contributed by atoms with E-state index in [0.717, 1.165) is 19.6 Å². The van der Waals surface area contributed by atoms with E-state index in [4.69, 9.17) is 5.73 Å². The molecule has 100 valence electrons. The van der Waals surface area contributed by atoms with Crippen LogP contribution in [0.4, 0.5) is 0 Å². The smallest absolute Gasteiger partial charge is 0.0233 e. The maximum absolute atomic E-state index is 5.91. The van der Waals surface area contributed by atoms with Gasteiger partial charge in [0.05, 0.1) is 0 Å². The van der Waals surface area contributed by atoms with E-state index in [1.807, 2.05) is 0 Å². The van der Waals surface area contributed by atoms with Crippen LogP contribution >= 0.6 is 0 Å². The third kappa shape index (κ3) is 3.12. The molecule has 0 unspecified atom stereocenters. The zero-order chi connectivity index (χ0) is 13.0. The minimum absolute atomic E-state index is 0.472. The molecule has 0 aromatic heterocycles. The van der Waals surface area contributed by atoms with E-state index in [2.05, 4.69) is 43.1 Å². The first-order valence-electron chi connectivity index (χ1n) is 7.08. The second-order valence-corrected chi connectivity index (χ2v) is 5.97. The molecule has 1 aliphatic rings. The molecule has 1 fully saturated rings. The van der Waals surface area contributed by atoms with Gasteiger partial charge in [-0.2, -0.15) is 0 Å². The third-order valence-corrected chi connectivity index (χ3v) is 4.57. The number of hydrogen-bond donors (Lipinski definition) is 1. The summed E-state index contributed by atoms with van der Waals surface area (Å²) in [7, 11) is 2.22. The molecule has 0 spiro atoms. The molecule has 2 nitrogen and oxygen atoms in total. The zero-order valence-corrected chi connectivity index (χ0v) is 11.8. The monoisotopic (exact) mass is 246 g/mol. The summed E-state index contributed by atoms with van der Waals surface area (Å²) in [5.74, 6) is 0. The number of benzene rings is 1. The third-order valence-electron chi connectivity index (χ3n) is 4.57. The van der Waals surface area contributed by atoms with Crippen molar-refractivity contribution in [1.29, 1.82) is 0 Å². The molecule has 0 heterocycles. The Morgan fingerprint density at radius 2 is 2.00 bits per heavy atom. The molecule has 0 atom stereocenters. The van der Waals surface area contributed by atoms with E-state index in [1.54, 1.807) is 0 Å². The Bertz CT molecular complexity index is 377. The molecule has 2 rings (SSSR count). The topological polar surface area (TPSA) is 29.3 Å². The average Bonchev–Trinajstić information content (AvgIpc) is 2.31. The Kier molecular flexibility index (Phi) is 4.41. The maximum atomic E-state index is 5.91. The van der Waals surface area contributed by atoms with E-state index in [-0.39, 0.29) is 0 Å². The fourth-order valence-electron chi connectivity index (χ4n) is 2.82. The first kappa shape index (κ1) is 13.6. The van der Waals surface area contributed by atoms with Crippen LogP contribution in [0.15, 0.2) is 24.3 Å². The first-order chi connectivity index (χ1) is 8.65. The van der Waals surface area contributed by atoms with Gasteiger partial charge in [0.15, 0.2) is 0 Å². The highest BCUT2D eigenvalue weighted by Gasteiger charge is 2.35. The molecule has 18 heavy (non-hydrogen) atoms. The number of nitrogens with zero attached hydrogens (tertiary/aromatic N) is 1. The van der Waals surface area contributed by atoms with Crippen molar-refractivity contribution in [3.8, 4) is 0 Å². The van der Waals surface area contributed by atoms with Crippen molar-refractivity contribution in [3.63, 3.8) is 0 Å². The maximum Gasteiger partial charge on any atom is 0.0233 e. The number of aryl methyl sites for hydroxylation is 1. The number of nitrogens with two attached hydrogens (primary N) is 1. The van der Waals surface area contributed by atoms with Crippen molar-refractivity contribution < 1.29 is 0 Å². The highest BCUT2D eigenvalue weighted by molar-refractivity contribution is 5.25. The van der Waals surface area contributed by atoms with Crippen molar-refractivity contribution in [1.82, 2.24) is 4.90 Å². The summed E-state index contributed by atoms with van der Waals surface area (Å²) in [5, 5.41) is 0. The second kappa shape index (κ2) is 5.85. The van der Waals surface area contributed by atoms with Crippen LogP contribution in [0.2, 0.25) is 0 Å². The summed E-state index contributed by atoms with van der Waals surface area (Å²) in [4.78, 5) is 2.43. The van der Waals surface area contributed by atoms with E-state index in [0.29, 0.717) is 5.41 Å². The Morgan fingerprint density at radius 3 is 2.56 bits per heavy atom. The molecule has 1 aliphatic carbocycles. The van der Waals surface area contributed by atoms with Gasteiger partial charge in [-0.25, -0.2) is 0 Å². The normalized spacial score (nSPS) is 17.8. The molecule has 0 amide bonds. The van der Waals surface area contributed by atoms with Gasteiger partial charge in [0.25, 0.3) is 0 Å². The van der Waals surface area contributed by atoms with Crippen LogP contribution in [0.5, 0.6) is 0 Å². The quantitative estimate of drug-likeness (QED) is 0.836. The average molecular weight is 246 g/mol. The van der Waals surface area contributed by atoms with Crippen LogP contribution in [-0.2, 0) is 6.54 Å². The lowest BCUT2D eigenvalue weighted by Gasteiger charge is -2.42. The lowest BCUT2D eigenvalue weighted by atomic mass is 9.66. The van der Waals surface area contributed by atoms with Gasteiger partial charge >= 0.3 is 0 Å². The predicted molar refractivity (Wildman–Crippen MR) is 77.5 cm³/mol. The molecule has 0 bridgehead atoms. The van der Waals surface area contributed by atoms with Crippen molar-refractivity contribution in [3.05, 3.63) is 35.4 Å². The molecule has 1 aromatic carbocycles. The Morgan fingerprint density at radius 1 is 1.28 bits per heavy atom. The lowest BCUT2D eigenvalue weighted by molar-refractivity contribution is 0.111. The summed E-state index contributed by atoms with van der Waals surface area (Å²) >= 11 is 0. The van der Waals surface area contributed by atoms with Crippen molar-refractivity contribution in [2.45, 2.75) is 39.2 Å². The highest BCUT2D eigenvalue weighted by Crippen LogP contribution is 2.42. The van der Waals surface area contributed by atoms with Crippen LogP contribution in [0.3, 0.4) is 0 Å². The van der Waals surface area contributed by atoms with Gasteiger partial charge in [-0.1, -0.05) is 30.7 Å². The van der Waals surface area contributed by atoms with E-state index < -0.39 is 0 Å². The SMILES string of the molecule is Cc1ccccc1CN(C)CCC1(CN)CCC1. The van der Waals surface area contributed by atoms with Gasteiger partial charge in [0, 0.05) is 6.54 Å². The predicted octanol–water partition coefficient (Wildman–Crippen LogP) is 2.95. The van der Waals surface area contributed by atoms with Gasteiger partial charge in [-0.15, -0.1) is 0 Å². The van der Waals surface area contributed by atoms with Gasteiger partial charge < -0.3 is 10.6 Å². The molecule has 2 N–H and O–H groups in total. The van der Waals surface area contributed by atoms with Crippen molar-refractivity contribution in [2.24, 2.45) is 11.1 Å². The minimum Gasteiger partial charge on any atom is -0.330 e. The van der Waals surface area contributed by atoms with E-state index in [1.165, 1.54) is 36.8 Å². The van der Waals surface area contributed by atoms with Gasteiger partial charge in [0.2, 0.25) is 0 Å². The van der Waals surface area contributed by atoms with E-state index >= 15 is 0 Å². The Hall–Kier alpha value is -0.860. The molecule has 0 radical (unpaired) electrons. The van der Waals surface area contributed by atoms with Gasteiger partial charge in [-0.05, 0) is 62.9 Å². The number of rotatable bonds is 6. The van der Waals surface area contributed by atoms with Crippen LogP contribution in [0, 0.1) is 12.3 Å². The largest absolute Gasteiger partial charge is 0.330 e. The van der Waals surface area contributed by atoms with Crippen LogP contribution < -0.4 is 5.73 Å². The van der Waals surface area contributed by atoms with Gasteiger partial charge in [0.1, 0.15) is 0 Å². The molecule has 1 aromatic rings. The Balaban J connectivity index is 1.82. The molecule has 1 saturated carbocycles. The van der Waals surface area contributed by atoms with Crippen LogP contribution in [-0.4, -0.2) is 25.0 Å². The molecular weight excluding hydrogens is 220 g/mol.